The lowest BCUT2D eigenvalue weighted by Crippen LogP contribution is -2.21. The molecule has 106 valence electrons. The van der Waals surface area contributed by atoms with E-state index in [-0.39, 0.29) is 0 Å². The first-order valence-corrected chi connectivity index (χ1v) is 7.22. The maximum absolute atomic E-state index is 10.2. The molecule has 1 atom stereocenters. The van der Waals surface area contributed by atoms with E-state index in [4.69, 9.17) is 23.2 Å². The molecule has 4 heteroatoms. The summed E-state index contributed by atoms with van der Waals surface area (Å²) >= 11 is 12.0. The lowest BCUT2D eigenvalue weighted by Gasteiger charge is -2.14. The molecule has 0 spiro atoms. The van der Waals surface area contributed by atoms with Gasteiger partial charge in [0.2, 0.25) is 0 Å². The Hall–Kier alpha value is -1.06. The average Bonchev–Trinajstić information content (AvgIpc) is 2.43. The van der Waals surface area contributed by atoms with Crippen molar-refractivity contribution in [3.8, 4) is 0 Å². The molecule has 0 radical (unpaired) electrons. The summed E-state index contributed by atoms with van der Waals surface area (Å²) in [5.41, 5.74) is 3.10. The first-order chi connectivity index (χ1) is 9.58. The molecule has 0 aliphatic heterocycles. The molecule has 0 aliphatic rings. The molecule has 2 aromatic carbocycles. The summed E-state index contributed by atoms with van der Waals surface area (Å²) in [6.45, 7) is 3.21. The zero-order valence-corrected chi connectivity index (χ0v) is 12.7. The van der Waals surface area contributed by atoms with Crippen LogP contribution >= 0.6 is 23.2 Å². The smallest absolute Gasteiger partial charge is 0.0929 e. The summed E-state index contributed by atoms with van der Waals surface area (Å²) in [7, 11) is 0. The molecule has 0 saturated heterocycles. The molecule has 0 saturated carbocycles. The summed E-state index contributed by atoms with van der Waals surface area (Å²) in [5.74, 6) is 0. The molecule has 0 aromatic heterocycles. The van der Waals surface area contributed by atoms with E-state index in [9.17, 15) is 5.11 Å². The third-order valence-corrected chi connectivity index (χ3v) is 3.81. The zero-order chi connectivity index (χ0) is 14.5. The molecular formula is C16H17Cl2NO. The number of aryl methyl sites for hydroxylation is 1. The van der Waals surface area contributed by atoms with Crippen molar-refractivity contribution in [3.63, 3.8) is 0 Å². The van der Waals surface area contributed by atoms with Gasteiger partial charge in [0.15, 0.2) is 0 Å². The third-order valence-electron chi connectivity index (χ3n) is 3.23. The van der Waals surface area contributed by atoms with Crippen LogP contribution in [-0.4, -0.2) is 11.7 Å². The van der Waals surface area contributed by atoms with Crippen LogP contribution in [0.25, 0.3) is 0 Å². The van der Waals surface area contributed by atoms with E-state index in [0.717, 1.165) is 0 Å². The van der Waals surface area contributed by atoms with Crippen LogP contribution in [0.15, 0.2) is 42.5 Å². The number of rotatable bonds is 5. The maximum atomic E-state index is 10.2. The maximum Gasteiger partial charge on any atom is 0.0929 e. The summed E-state index contributed by atoms with van der Waals surface area (Å²) in [4.78, 5) is 0. The molecule has 0 amide bonds. The van der Waals surface area contributed by atoms with Crippen molar-refractivity contribution >= 4 is 23.2 Å². The summed E-state index contributed by atoms with van der Waals surface area (Å²) in [5, 5.41) is 14.5. The summed E-state index contributed by atoms with van der Waals surface area (Å²) in [6.07, 6.45) is -0.676. The van der Waals surface area contributed by atoms with Crippen LogP contribution in [0.1, 0.15) is 22.8 Å². The fourth-order valence-corrected chi connectivity index (χ4v) is 2.46. The molecular weight excluding hydrogens is 293 g/mol. The van der Waals surface area contributed by atoms with Gasteiger partial charge in [-0.1, -0.05) is 47.5 Å². The number of nitrogens with one attached hydrogen (secondary N) is 1. The van der Waals surface area contributed by atoms with Gasteiger partial charge in [-0.3, -0.25) is 0 Å². The molecule has 2 N–H and O–H groups in total. The molecule has 2 nitrogen and oxygen atoms in total. The van der Waals surface area contributed by atoms with Crippen LogP contribution in [0, 0.1) is 6.92 Å². The molecule has 0 heterocycles. The molecule has 0 fully saturated rings. The van der Waals surface area contributed by atoms with Gasteiger partial charge in [-0.25, -0.2) is 0 Å². The van der Waals surface area contributed by atoms with Gasteiger partial charge in [-0.05, 0) is 36.2 Å². The monoisotopic (exact) mass is 309 g/mol. The average molecular weight is 310 g/mol. The van der Waals surface area contributed by atoms with E-state index in [1.165, 1.54) is 11.1 Å². The Morgan fingerprint density at radius 2 is 1.90 bits per heavy atom. The molecule has 2 aromatic rings. The highest BCUT2D eigenvalue weighted by Gasteiger charge is 2.12. The highest BCUT2D eigenvalue weighted by Crippen LogP contribution is 2.26. The van der Waals surface area contributed by atoms with Crippen molar-refractivity contribution in [2.75, 3.05) is 6.54 Å². The summed E-state index contributed by atoms with van der Waals surface area (Å²) < 4.78 is 0. The van der Waals surface area contributed by atoms with Gasteiger partial charge in [0.25, 0.3) is 0 Å². The standard InChI is InChI=1S/C16H17Cl2NO/c1-11-4-2-3-5-12(11)9-19-10-16(20)14-8-13(17)6-7-15(14)18/h2-8,16,19-20H,9-10H2,1H3. The Morgan fingerprint density at radius 3 is 2.65 bits per heavy atom. The van der Waals surface area contributed by atoms with Gasteiger partial charge < -0.3 is 10.4 Å². The minimum absolute atomic E-state index is 0.425. The second-order valence-electron chi connectivity index (χ2n) is 4.74. The Morgan fingerprint density at radius 1 is 1.15 bits per heavy atom. The highest BCUT2D eigenvalue weighted by atomic mass is 35.5. The fraction of sp³-hybridized carbons (Fsp3) is 0.250. The highest BCUT2D eigenvalue weighted by molar-refractivity contribution is 6.33. The van der Waals surface area contributed by atoms with Crippen LogP contribution in [0.2, 0.25) is 10.0 Å². The van der Waals surface area contributed by atoms with Crippen LogP contribution in [0.3, 0.4) is 0 Å². The Labute approximate surface area is 129 Å². The lowest BCUT2D eigenvalue weighted by molar-refractivity contribution is 0.174. The van der Waals surface area contributed by atoms with Crippen molar-refractivity contribution < 1.29 is 5.11 Å². The van der Waals surface area contributed by atoms with Crippen molar-refractivity contribution in [1.82, 2.24) is 5.32 Å². The minimum atomic E-state index is -0.676. The third kappa shape index (κ3) is 3.97. The van der Waals surface area contributed by atoms with Gasteiger partial charge in [0, 0.05) is 28.7 Å². The first kappa shape index (κ1) is 15.3. The van der Waals surface area contributed by atoms with Crippen LogP contribution in [0.5, 0.6) is 0 Å². The molecule has 0 aliphatic carbocycles. The number of aliphatic hydroxyl groups excluding tert-OH is 1. The van der Waals surface area contributed by atoms with Crippen molar-refractivity contribution in [2.24, 2.45) is 0 Å². The van der Waals surface area contributed by atoms with E-state index in [1.807, 2.05) is 12.1 Å². The van der Waals surface area contributed by atoms with E-state index >= 15 is 0 Å². The second-order valence-corrected chi connectivity index (χ2v) is 5.58. The SMILES string of the molecule is Cc1ccccc1CNCC(O)c1cc(Cl)ccc1Cl. The van der Waals surface area contributed by atoms with Crippen molar-refractivity contribution in [3.05, 3.63) is 69.2 Å². The van der Waals surface area contributed by atoms with Crippen LogP contribution < -0.4 is 5.32 Å². The Balaban J connectivity index is 1.94. The van der Waals surface area contributed by atoms with Gasteiger partial charge in [0.1, 0.15) is 0 Å². The molecule has 1 unspecified atom stereocenters. The largest absolute Gasteiger partial charge is 0.387 e. The Bertz CT molecular complexity index is 586. The predicted octanol–water partition coefficient (Wildman–Crippen LogP) is 4.13. The van der Waals surface area contributed by atoms with Crippen LogP contribution in [0.4, 0.5) is 0 Å². The first-order valence-electron chi connectivity index (χ1n) is 6.46. The minimum Gasteiger partial charge on any atom is -0.387 e. The van der Waals surface area contributed by atoms with Gasteiger partial charge in [-0.2, -0.15) is 0 Å². The summed E-state index contributed by atoms with van der Waals surface area (Å²) in [6, 6.07) is 13.3. The van der Waals surface area contributed by atoms with Gasteiger partial charge in [0.05, 0.1) is 6.10 Å². The zero-order valence-electron chi connectivity index (χ0n) is 11.2. The molecule has 0 bridgehead atoms. The molecule has 20 heavy (non-hydrogen) atoms. The normalized spacial score (nSPS) is 12.4. The van der Waals surface area contributed by atoms with Crippen LogP contribution in [-0.2, 0) is 6.54 Å². The number of hydrogen-bond donors (Lipinski definition) is 2. The Kier molecular flexibility index (Phi) is 5.44. The predicted molar refractivity (Wildman–Crippen MR) is 84.3 cm³/mol. The lowest BCUT2D eigenvalue weighted by atomic mass is 10.1. The van der Waals surface area contributed by atoms with Crippen molar-refractivity contribution in [1.29, 1.82) is 0 Å². The number of aliphatic hydroxyl groups is 1. The number of benzene rings is 2. The van der Waals surface area contributed by atoms with E-state index in [0.29, 0.717) is 28.7 Å². The number of halogens is 2. The molecule has 2 rings (SSSR count). The fourth-order valence-electron chi connectivity index (χ4n) is 2.03. The van der Waals surface area contributed by atoms with Gasteiger partial charge in [-0.15, -0.1) is 0 Å². The topological polar surface area (TPSA) is 32.3 Å². The van der Waals surface area contributed by atoms with Crippen molar-refractivity contribution in [2.45, 2.75) is 19.6 Å². The van der Waals surface area contributed by atoms with E-state index in [1.54, 1.807) is 18.2 Å². The van der Waals surface area contributed by atoms with E-state index < -0.39 is 6.10 Å². The van der Waals surface area contributed by atoms with E-state index in [2.05, 4.69) is 24.4 Å². The quantitative estimate of drug-likeness (QED) is 0.870. The van der Waals surface area contributed by atoms with Gasteiger partial charge >= 0.3 is 0 Å². The number of hydrogen-bond acceptors (Lipinski definition) is 2. The second kappa shape index (κ2) is 7.09.